The summed E-state index contributed by atoms with van der Waals surface area (Å²) in [6, 6.07) is 1.58. The molecule has 1 aliphatic rings. The molecule has 1 rings (SSSR count). The molecular formula is C9H12N2O2. The number of ether oxygens (including phenoxy) is 1. The zero-order chi connectivity index (χ0) is 9.68. The van der Waals surface area contributed by atoms with Crippen molar-refractivity contribution in [1.82, 2.24) is 4.90 Å². The van der Waals surface area contributed by atoms with E-state index in [1.807, 2.05) is 13.0 Å². The quantitative estimate of drug-likeness (QED) is 0.586. The van der Waals surface area contributed by atoms with E-state index < -0.39 is 5.91 Å². The number of carbonyl (C=O) groups excluding carboxylic acids is 1. The molecule has 1 aliphatic heterocycles. The van der Waals surface area contributed by atoms with E-state index >= 15 is 0 Å². The van der Waals surface area contributed by atoms with Crippen LogP contribution in [0.1, 0.15) is 13.3 Å². The number of rotatable bonds is 2. The molecule has 1 heterocycles. The van der Waals surface area contributed by atoms with Gasteiger partial charge in [0.1, 0.15) is 0 Å². The van der Waals surface area contributed by atoms with Crippen molar-refractivity contribution in [2.45, 2.75) is 19.4 Å². The first-order chi connectivity index (χ1) is 6.27. The van der Waals surface area contributed by atoms with Crippen molar-refractivity contribution in [2.24, 2.45) is 0 Å². The Labute approximate surface area is 77.4 Å². The summed E-state index contributed by atoms with van der Waals surface area (Å²) in [6.45, 7) is 3.16. The summed E-state index contributed by atoms with van der Waals surface area (Å²) >= 11 is 0. The SMILES string of the molecule is CCO[C@@H]1C=CN(C(=O)C#N)CC1. The molecule has 0 aliphatic carbocycles. The van der Waals surface area contributed by atoms with E-state index in [1.54, 1.807) is 12.3 Å². The standard InChI is InChI=1S/C9H12N2O2/c1-2-13-8-3-5-11(6-4-8)9(12)7-10/h3,5,8H,2,4,6H2,1H3/t8-/m1/s1. The molecule has 0 spiro atoms. The van der Waals surface area contributed by atoms with Crippen molar-refractivity contribution >= 4 is 5.91 Å². The minimum absolute atomic E-state index is 0.0905. The van der Waals surface area contributed by atoms with Gasteiger partial charge in [-0.25, -0.2) is 0 Å². The molecule has 0 aromatic rings. The fourth-order valence-electron chi connectivity index (χ4n) is 1.22. The largest absolute Gasteiger partial charge is 0.374 e. The van der Waals surface area contributed by atoms with Gasteiger partial charge < -0.3 is 9.64 Å². The number of amides is 1. The molecule has 0 aromatic heterocycles. The van der Waals surface area contributed by atoms with Crippen molar-refractivity contribution in [1.29, 1.82) is 5.26 Å². The minimum atomic E-state index is -0.508. The van der Waals surface area contributed by atoms with Crippen LogP contribution >= 0.6 is 0 Å². The van der Waals surface area contributed by atoms with E-state index in [-0.39, 0.29) is 6.10 Å². The number of nitrogens with zero attached hydrogens (tertiary/aromatic N) is 2. The van der Waals surface area contributed by atoms with Gasteiger partial charge in [-0.2, -0.15) is 5.26 Å². The predicted molar refractivity (Wildman–Crippen MR) is 46.5 cm³/mol. The third-order valence-electron chi connectivity index (χ3n) is 1.87. The van der Waals surface area contributed by atoms with Crippen molar-refractivity contribution in [3.63, 3.8) is 0 Å². The molecule has 0 saturated heterocycles. The molecule has 13 heavy (non-hydrogen) atoms. The second-order valence-electron chi connectivity index (χ2n) is 2.73. The van der Waals surface area contributed by atoms with Crippen LogP contribution in [0.25, 0.3) is 0 Å². The van der Waals surface area contributed by atoms with Gasteiger partial charge >= 0.3 is 5.91 Å². The number of carbonyl (C=O) groups is 1. The predicted octanol–water partition coefficient (Wildman–Crippen LogP) is 0.661. The van der Waals surface area contributed by atoms with E-state index in [4.69, 9.17) is 10.00 Å². The molecule has 0 unspecified atom stereocenters. The van der Waals surface area contributed by atoms with Gasteiger partial charge in [-0.05, 0) is 19.4 Å². The first kappa shape index (κ1) is 9.75. The van der Waals surface area contributed by atoms with Crippen LogP contribution in [0.5, 0.6) is 0 Å². The Hall–Kier alpha value is -1.34. The second kappa shape index (κ2) is 4.63. The van der Waals surface area contributed by atoms with Gasteiger partial charge in [-0.3, -0.25) is 4.79 Å². The van der Waals surface area contributed by atoms with Gasteiger partial charge in [-0.1, -0.05) is 0 Å². The Morgan fingerprint density at radius 1 is 1.85 bits per heavy atom. The zero-order valence-corrected chi connectivity index (χ0v) is 7.56. The van der Waals surface area contributed by atoms with Crippen LogP contribution in [0.15, 0.2) is 12.3 Å². The Morgan fingerprint density at radius 3 is 3.08 bits per heavy atom. The summed E-state index contributed by atoms with van der Waals surface area (Å²) in [6.07, 6.45) is 4.28. The minimum Gasteiger partial charge on any atom is -0.374 e. The summed E-state index contributed by atoms with van der Waals surface area (Å²) in [5.41, 5.74) is 0. The van der Waals surface area contributed by atoms with E-state index in [0.29, 0.717) is 13.2 Å². The lowest BCUT2D eigenvalue weighted by Crippen LogP contribution is -2.32. The molecular weight excluding hydrogens is 168 g/mol. The summed E-state index contributed by atoms with van der Waals surface area (Å²) in [5, 5.41) is 8.35. The lowest BCUT2D eigenvalue weighted by molar-refractivity contribution is -0.123. The van der Waals surface area contributed by atoms with Crippen molar-refractivity contribution < 1.29 is 9.53 Å². The monoisotopic (exact) mass is 180 g/mol. The molecule has 4 nitrogen and oxygen atoms in total. The maximum absolute atomic E-state index is 10.9. The molecule has 70 valence electrons. The van der Waals surface area contributed by atoms with Gasteiger partial charge in [0.05, 0.1) is 6.10 Å². The molecule has 0 radical (unpaired) electrons. The van der Waals surface area contributed by atoms with Crippen LogP contribution in [0.3, 0.4) is 0 Å². The van der Waals surface area contributed by atoms with Crippen LogP contribution < -0.4 is 0 Å². The van der Waals surface area contributed by atoms with E-state index in [0.717, 1.165) is 6.42 Å². The van der Waals surface area contributed by atoms with E-state index in [1.165, 1.54) is 4.90 Å². The summed E-state index contributed by atoms with van der Waals surface area (Å²) in [7, 11) is 0. The summed E-state index contributed by atoms with van der Waals surface area (Å²) < 4.78 is 5.34. The third-order valence-corrected chi connectivity index (χ3v) is 1.87. The third kappa shape index (κ3) is 2.56. The van der Waals surface area contributed by atoms with Crippen LogP contribution in [-0.2, 0) is 9.53 Å². The highest BCUT2D eigenvalue weighted by atomic mass is 16.5. The second-order valence-corrected chi connectivity index (χ2v) is 2.73. The van der Waals surface area contributed by atoms with Gasteiger partial charge in [0, 0.05) is 19.4 Å². The lowest BCUT2D eigenvalue weighted by Gasteiger charge is -2.23. The Kier molecular flexibility index (Phi) is 3.47. The maximum Gasteiger partial charge on any atom is 0.328 e. The molecule has 0 aromatic carbocycles. The lowest BCUT2D eigenvalue weighted by atomic mass is 10.2. The smallest absolute Gasteiger partial charge is 0.328 e. The fourth-order valence-corrected chi connectivity index (χ4v) is 1.22. The number of hydrogen-bond donors (Lipinski definition) is 0. The first-order valence-electron chi connectivity index (χ1n) is 4.28. The average molecular weight is 180 g/mol. The van der Waals surface area contributed by atoms with Crippen molar-refractivity contribution in [3.8, 4) is 6.07 Å². The molecule has 1 amide bonds. The topological polar surface area (TPSA) is 53.3 Å². The molecule has 1 atom stereocenters. The first-order valence-corrected chi connectivity index (χ1v) is 4.28. The molecule has 0 fully saturated rings. The molecule has 4 heteroatoms. The van der Waals surface area contributed by atoms with Crippen molar-refractivity contribution in [2.75, 3.05) is 13.2 Å². The molecule has 0 N–H and O–H groups in total. The van der Waals surface area contributed by atoms with Crippen molar-refractivity contribution in [3.05, 3.63) is 12.3 Å². The average Bonchev–Trinajstić information content (AvgIpc) is 2.18. The van der Waals surface area contributed by atoms with Crippen LogP contribution in [0.4, 0.5) is 0 Å². The Balaban J connectivity index is 2.48. The summed E-state index contributed by atoms with van der Waals surface area (Å²) in [5.74, 6) is -0.508. The highest BCUT2D eigenvalue weighted by Crippen LogP contribution is 2.10. The van der Waals surface area contributed by atoms with E-state index in [9.17, 15) is 4.79 Å². The van der Waals surface area contributed by atoms with Crippen LogP contribution in [0, 0.1) is 11.3 Å². The fraction of sp³-hybridized carbons (Fsp3) is 0.556. The van der Waals surface area contributed by atoms with Gasteiger partial charge in [0.2, 0.25) is 0 Å². The molecule has 0 bridgehead atoms. The number of nitriles is 1. The van der Waals surface area contributed by atoms with Gasteiger partial charge in [0.15, 0.2) is 6.07 Å². The van der Waals surface area contributed by atoms with Gasteiger partial charge in [-0.15, -0.1) is 0 Å². The molecule has 0 saturated carbocycles. The van der Waals surface area contributed by atoms with Crippen LogP contribution in [-0.4, -0.2) is 30.1 Å². The Morgan fingerprint density at radius 2 is 2.62 bits per heavy atom. The highest BCUT2D eigenvalue weighted by molar-refractivity contribution is 5.92. The zero-order valence-electron chi connectivity index (χ0n) is 7.56. The Bertz CT molecular complexity index is 255. The normalized spacial score (nSPS) is 21.2. The maximum atomic E-state index is 10.9. The van der Waals surface area contributed by atoms with Crippen LogP contribution in [0.2, 0.25) is 0 Å². The van der Waals surface area contributed by atoms with Gasteiger partial charge in [0.25, 0.3) is 0 Å². The number of hydrogen-bond acceptors (Lipinski definition) is 3. The highest BCUT2D eigenvalue weighted by Gasteiger charge is 2.17. The summed E-state index contributed by atoms with van der Waals surface area (Å²) in [4.78, 5) is 12.3. The van der Waals surface area contributed by atoms with E-state index in [2.05, 4.69) is 0 Å².